The molecule has 1 aromatic rings. The van der Waals surface area contributed by atoms with Gasteiger partial charge in [-0.15, -0.1) is 3.89 Å². The fourth-order valence-corrected chi connectivity index (χ4v) is 5.59. The first kappa shape index (κ1) is 14.6. The van der Waals surface area contributed by atoms with E-state index < -0.39 is 0 Å². The Bertz CT molecular complexity index is 617. The van der Waals surface area contributed by atoms with Gasteiger partial charge in [0, 0.05) is 11.8 Å². The minimum atomic E-state index is -0.0971. The van der Waals surface area contributed by atoms with Gasteiger partial charge in [-0.05, 0) is 73.1 Å². The first-order chi connectivity index (χ1) is 10.6. The number of fused-ring (bicyclic) bond motifs is 5. The molecule has 0 radical (unpaired) electrons. The van der Waals surface area contributed by atoms with Gasteiger partial charge in [-0.1, -0.05) is 13.0 Å². The first-order valence-corrected chi connectivity index (χ1v) is 8.89. The number of rotatable bonds is 2. The summed E-state index contributed by atoms with van der Waals surface area (Å²) in [5.41, 5.74) is 2.65. The summed E-state index contributed by atoms with van der Waals surface area (Å²) < 4.78 is 17.2. The van der Waals surface area contributed by atoms with Gasteiger partial charge in [0.05, 0.1) is 0 Å². The molecule has 1 aromatic carbocycles. The van der Waals surface area contributed by atoms with Gasteiger partial charge < -0.3 is 4.18 Å². The van der Waals surface area contributed by atoms with Gasteiger partial charge in [-0.2, -0.15) is 0 Å². The zero-order chi connectivity index (χ0) is 15.3. The van der Waals surface area contributed by atoms with Crippen LogP contribution < -0.4 is 4.18 Å². The molecule has 0 aliphatic heterocycles. The largest absolute Gasteiger partial charge is 0.397 e. The quantitative estimate of drug-likeness (QED) is 0.715. The molecule has 2 saturated carbocycles. The van der Waals surface area contributed by atoms with E-state index in [4.69, 9.17) is 4.18 Å². The van der Waals surface area contributed by atoms with E-state index in [1.165, 1.54) is 11.1 Å². The van der Waals surface area contributed by atoms with Crippen molar-refractivity contribution in [3.05, 3.63) is 29.3 Å². The van der Waals surface area contributed by atoms with Gasteiger partial charge in [-0.25, -0.2) is 0 Å². The van der Waals surface area contributed by atoms with Crippen LogP contribution in [-0.4, -0.2) is 5.78 Å². The van der Waals surface area contributed by atoms with Crippen molar-refractivity contribution in [3.63, 3.8) is 0 Å². The molecular formula is C18H21FO2S. The van der Waals surface area contributed by atoms with Crippen molar-refractivity contribution in [1.82, 2.24) is 0 Å². The van der Waals surface area contributed by atoms with Crippen LogP contribution in [0.2, 0.25) is 0 Å². The Hall–Kier alpha value is -1.03. The van der Waals surface area contributed by atoms with Crippen LogP contribution in [0.5, 0.6) is 5.75 Å². The summed E-state index contributed by atoms with van der Waals surface area (Å²) in [6.07, 6.45) is 6.15. The van der Waals surface area contributed by atoms with Crippen LogP contribution in [-0.2, 0) is 11.2 Å². The normalized spacial score (nSPS) is 36.5. The Balaban J connectivity index is 1.66. The zero-order valence-electron chi connectivity index (χ0n) is 12.8. The van der Waals surface area contributed by atoms with Crippen molar-refractivity contribution < 1.29 is 12.9 Å². The van der Waals surface area contributed by atoms with Crippen molar-refractivity contribution in [2.24, 2.45) is 17.3 Å². The molecule has 4 unspecified atom stereocenters. The van der Waals surface area contributed by atoms with E-state index in [1.807, 2.05) is 12.1 Å². The summed E-state index contributed by atoms with van der Waals surface area (Å²) >= 11 is -0.0971. The van der Waals surface area contributed by atoms with Crippen LogP contribution in [0.3, 0.4) is 0 Å². The predicted molar refractivity (Wildman–Crippen MR) is 85.4 cm³/mol. The van der Waals surface area contributed by atoms with Crippen molar-refractivity contribution >= 4 is 18.2 Å². The SMILES string of the molecule is CC12CCC3c4ccc(OSF)cc4CCC3C1CCC2=O. The third-order valence-corrected chi connectivity index (χ3v) is 6.79. The highest BCUT2D eigenvalue weighted by molar-refractivity contribution is 7.89. The predicted octanol–water partition coefficient (Wildman–Crippen LogP) is 5.02. The lowest BCUT2D eigenvalue weighted by Gasteiger charge is -2.48. The van der Waals surface area contributed by atoms with E-state index >= 15 is 0 Å². The summed E-state index contributed by atoms with van der Waals surface area (Å²) in [5.74, 6) is 2.86. The Morgan fingerprint density at radius 2 is 2.14 bits per heavy atom. The van der Waals surface area contributed by atoms with Crippen LogP contribution in [0.15, 0.2) is 18.2 Å². The second-order valence-corrected chi connectivity index (χ2v) is 7.63. The molecular weight excluding hydrogens is 299 g/mol. The number of halogens is 1. The second kappa shape index (κ2) is 5.26. The lowest BCUT2D eigenvalue weighted by molar-refractivity contribution is -0.129. The fraction of sp³-hybridized carbons (Fsp3) is 0.611. The molecule has 2 fully saturated rings. The average Bonchev–Trinajstić information content (AvgIpc) is 2.83. The number of carbonyl (C=O) groups is 1. The topological polar surface area (TPSA) is 26.3 Å². The molecule has 4 atom stereocenters. The lowest BCUT2D eigenvalue weighted by Crippen LogP contribution is -2.42. The first-order valence-electron chi connectivity index (χ1n) is 8.25. The van der Waals surface area contributed by atoms with Crippen LogP contribution in [0.4, 0.5) is 3.89 Å². The van der Waals surface area contributed by atoms with E-state index in [0.29, 0.717) is 29.3 Å². The summed E-state index contributed by atoms with van der Waals surface area (Å²) in [4.78, 5) is 12.3. The average molecular weight is 320 g/mol. The van der Waals surface area contributed by atoms with E-state index in [-0.39, 0.29) is 17.8 Å². The van der Waals surface area contributed by atoms with Gasteiger partial charge in [0.15, 0.2) is 0 Å². The van der Waals surface area contributed by atoms with Gasteiger partial charge in [0.1, 0.15) is 11.5 Å². The third-order valence-electron chi connectivity index (χ3n) is 6.53. The molecule has 4 heteroatoms. The minimum Gasteiger partial charge on any atom is -0.397 e. The summed E-state index contributed by atoms with van der Waals surface area (Å²) in [7, 11) is 0. The van der Waals surface area contributed by atoms with Crippen molar-refractivity contribution in [2.45, 2.75) is 51.4 Å². The molecule has 0 spiro atoms. The molecule has 0 amide bonds. The van der Waals surface area contributed by atoms with E-state index in [1.54, 1.807) is 0 Å². The van der Waals surface area contributed by atoms with Crippen LogP contribution in [0, 0.1) is 17.3 Å². The molecule has 0 aromatic heterocycles. The summed E-state index contributed by atoms with van der Waals surface area (Å²) in [6.45, 7) is 2.20. The van der Waals surface area contributed by atoms with Crippen molar-refractivity contribution in [2.75, 3.05) is 0 Å². The molecule has 0 heterocycles. The maximum Gasteiger partial charge on any atom is 0.272 e. The van der Waals surface area contributed by atoms with Gasteiger partial charge in [-0.3, -0.25) is 4.79 Å². The Morgan fingerprint density at radius 3 is 2.95 bits per heavy atom. The highest BCUT2D eigenvalue weighted by Crippen LogP contribution is 2.59. The van der Waals surface area contributed by atoms with E-state index in [0.717, 1.165) is 38.5 Å². The molecule has 3 aliphatic rings. The van der Waals surface area contributed by atoms with Crippen molar-refractivity contribution in [1.29, 1.82) is 0 Å². The van der Waals surface area contributed by atoms with E-state index in [2.05, 4.69) is 13.0 Å². The van der Waals surface area contributed by atoms with Crippen LogP contribution >= 0.6 is 12.4 Å². The Kier molecular flexibility index (Phi) is 3.48. The molecule has 0 saturated heterocycles. The highest BCUT2D eigenvalue weighted by Gasteiger charge is 2.54. The standard InChI is InChI=1S/C18H21FO2S/c1-18-9-8-14-13-5-3-12(21-22-19)10-11(13)2-4-15(14)16(18)6-7-17(18)20/h3,5,10,14-16H,2,4,6-9H2,1H3. The molecule has 0 bridgehead atoms. The highest BCUT2D eigenvalue weighted by atomic mass is 32.2. The van der Waals surface area contributed by atoms with Gasteiger partial charge in [0.25, 0.3) is 12.4 Å². The second-order valence-electron chi connectivity index (χ2n) is 7.34. The van der Waals surface area contributed by atoms with Crippen LogP contribution in [0.1, 0.15) is 56.1 Å². The van der Waals surface area contributed by atoms with Gasteiger partial charge in [0.2, 0.25) is 0 Å². The molecule has 22 heavy (non-hydrogen) atoms. The smallest absolute Gasteiger partial charge is 0.272 e. The fourth-order valence-electron chi connectivity index (χ4n) is 5.42. The Labute approximate surface area is 135 Å². The number of aryl methyl sites for hydroxylation is 1. The monoisotopic (exact) mass is 320 g/mol. The number of benzene rings is 1. The van der Waals surface area contributed by atoms with Crippen LogP contribution in [0.25, 0.3) is 0 Å². The molecule has 4 rings (SSSR count). The summed E-state index contributed by atoms with van der Waals surface area (Å²) in [6, 6.07) is 5.99. The molecule has 0 N–H and O–H groups in total. The maximum absolute atomic E-state index is 12.3. The molecule has 2 nitrogen and oxygen atoms in total. The number of hydrogen-bond donors (Lipinski definition) is 0. The molecule has 3 aliphatic carbocycles. The van der Waals surface area contributed by atoms with E-state index in [9.17, 15) is 8.68 Å². The number of Topliss-reactive ketones (excluding diaryl/α,β-unsaturated/α-hetero) is 1. The Morgan fingerprint density at radius 1 is 1.27 bits per heavy atom. The summed E-state index contributed by atoms with van der Waals surface area (Å²) in [5, 5.41) is 0. The molecule has 118 valence electrons. The number of hydrogen-bond acceptors (Lipinski definition) is 3. The third kappa shape index (κ3) is 2.03. The van der Waals surface area contributed by atoms with Crippen molar-refractivity contribution in [3.8, 4) is 5.75 Å². The minimum absolute atomic E-state index is 0.0629. The number of carbonyl (C=O) groups excluding carboxylic acids is 1. The van der Waals surface area contributed by atoms with Gasteiger partial charge >= 0.3 is 0 Å². The lowest BCUT2D eigenvalue weighted by atomic mass is 9.55. The zero-order valence-corrected chi connectivity index (χ0v) is 13.6. The number of ketones is 1. The maximum atomic E-state index is 12.3.